The Balaban J connectivity index is 1.69. The Kier molecular flexibility index (Phi) is 8.52. The highest BCUT2D eigenvalue weighted by molar-refractivity contribution is 7.98. The van der Waals surface area contributed by atoms with E-state index in [0.717, 1.165) is 11.1 Å². The summed E-state index contributed by atoms with van der Waals surface area (Å²) in [6.45, 7) is 0.570. The summed E-state index contributed by atoms with van der Waals surface area (Å²) in [6, 6.07) is 10.7. The predicted octanol–water partition coefficient (Wildman–Crippen LogP) is 6.11. The molecule has 0 bridgehead atoms. The predicted molar refractivity (Wildman–Crippen MR) is 105 cm³/mol. The average Bonchev–Trinajstić information content (AvgIpc) is 2.51. The minimum absolute atomic E-state index is 0.236. The Morgan fingerprint density at radius 1 is 0.917 bits per heavy atom. The summed E-state index contributed by atoms with van der Waals surface area (Å²) in [5.41, 5.74) is 1.83. The zero-order chi connectivity index (χ0) is 17.5. The minimum Gasteiger partial charge on any atom is -0.390 e. The molecule has 0 aromatic heterocycles. The summed E-state index contributed by atoms with van der Waals surface area (Å²) >= 11 is 25.5. The van der Waals surface area contributed by atoms with Crippen molar-refractivity contribution < 1.29 is 9.84 Å². The molecule has 0 aliphatic carbocycles. The quantitative estimate of drug-likeness (QED) is 0.553. The van der Waals surface area contributed by atoms with Gasteiger partial charge in [0.05, 0.1) is 19.3 Å². The van der Waals surface area contributed by atoms with Crippen LogP contribution in [0.15, 0.2) is 36.4 Å². The first-order chi connectivity index (χ1) is 11.5. The summed E-state index contributed by atoms with van der Waals surface area (Å²) in [4.78, 5) is 0. The van der Waals surface area contributed by atoms with Gasteiger partial charge in [0, 0.05) is 31.6 Å². The van der Waals surface area contributed by atoms with Gasteiger partial charge in [0.15, 0.2) is 0 Å². The molecule has 1 unspecified atom stereocenters. The van der Waals surface area contributed by atoms with Crippen molar-refractivity contribution in [2.45, 2.75) is 18.5 Å². The monoisotopic (exact) mass is 424 g/mol. The van der Waals surface area contributed by atoms with E-state index in [4.69, 9.17) is 51.1 Å². The van der Waals surface area contributed by atoms with Gasteiger partial charge in [-0.05, 0) is 35.4 Å². The molecule has 0 radical (unpaired) electrons. The highest BCUT2D eigenvalue weighted by Gasteiger charge is 2.08. The zero-order valence-electron chi connectivity index (χ0n) is 12.6. The standard InChI is InChI=1S/C17H16Cl4O2S/c18-13-3-1-11(16(20)5-13)7-23-8-15(22)10-24-9-12-2-4-14(19)6-17(12)21/h1-6,15,22H,7-10H2. The van der Waals surface area contributed by atoms with E-state index in [1.54, 1.807) is 36.0 Å². The lowest BCUT2D eigenvalue weighted by atomic mass is 10.2. The van der Waals surface area contributed by atoms with Crippen LogP contribution in [0.1, 0.15) is 11.1 Å². The largest absolute Gasteiger partial charge is 0.390 e. The summed E-state index contributed by atoms with van der Waals surface area (Å²) in [6.07, 6.45) is -0.563. The Bertz CT molecular complexity index is 624. The molecule has 0 spiro atoms. The maximum atomic E-state index is 9.98. The highest BCUT2D eigenvalue weighted by atomic mass is 35.5. The highest BCUT2D eigenvalue weighted by Crippen LogP contribution is 2.25. The van der Waals surface area contributed by atoms with Gasteiger partial charge in [0.25, 0.3) is 0 Å². The van der Waals surface area contributed by atoms with Crippen LogP contribution in [0.4, 0.5) is 0 Å². The van der Waals surface area contributed by atoms with Crippen LogP contribution in [-0.2, 0) is 17.1 Å². The Labute approximate surface area is 166 Å². The number of hydrogen-bond donors (Lipinski definition) is 1. The van der Waals surface area contributed by atoms with Crippen LogP contribution in [0.25, 0.3) is 0 Å². The second-order valence-corrected chi connectivity index (χ2v) is 7.87. The van der Waals surface area contributed by atoms with Crippen molar-refractivity contribution in [3.05, 3.63) is 67.6 Å². The minimum atomic E-state index is -0.563. The van der Waals surface area contributed by atoms with E-state index in [-0.39, 0.29) is 6.61 Å². The molecule has 7 heteroatoms. The summed E-state index contributed by atoms with van der Waals surface area (Å²) < 4.78 is 5.51. The molecule has 130 valence electrons. The van der Waals surface area contributed by atoms with E-state index in [2.05, 4.69) is 0 Å². The van der Waals surface area contributed by atoms with Gasteiger partial charge in [-0.25, -0.2) is 0 Å². The summed E-state index contributed by atoms with van der Waals surface area (Å²) in [5, 5.41) is 12.4. The van der Waals surface area contributed by atoms with Crippen molar-refractivity contribution in [3.8, 4) is 0 Å². The molecule has 0 fully saturated rings. The van der Waals surface area contributed by atoms with Crippen LogP contribution in [0.5, 0.6) is 0 Å². The molecule has 0 aliphatic rings. The number of hydrogen-bond acceptors (Lipinski definition) is 3. The fourth-order valence-electron chi connectivity index (χ4n) is 1.94. The maximum absolute atomic E-state index is 9.98. The van der Waals surface area contributed by atoms with Crippen molar-refractivity contribution in [1.82, 2.24) is 0 Å². The third-order valence-corrected chi connectivity index (χ3v) is 5.48. The molecule has 0 amide bonds. The molecule has 0 aliphatic heterocycles. The molecular formula is C17H16Cl4O2S. The zero-order valence-corrected chi connectivity index (χ0v) is 16.5. The topological polar surface area (TPSA) is 29.5 Å². The smallest absolute Gasteiger partial charge is 0.0864 e. The van der Waals surface area contributed by atoms with E-state index in [9.17, 15) is 5.11 Å². The fraction of sp³-hybridized carbons (Fsp3) is 0.294. The summed E-state index contributed by atoms with van der Waals surface area (Å²) in [5.74, 6) is 1.25. The van der Waals surface area contributed by atoms with Gasteiger partial charge in [0.2, 0.25) is 0 Å². The average molecular weight is 426 g/mol. The van der Waals surface area contributed by atoms with E-state index >= 15 is 0 Å². The molecular weight excluding hydrogens is 410 g/mol. The van der Waals surface area contributed by atoms with Crippen molar-refractivity contribution in [3.63, 3.8) is 0 Å². The van der Waals surface area contributed by atoms with Gasteiger partial charge in [-0.1, -0.05) is 58.5 Å². The van der Waals surface area contributed by atoms with Crippen LogP contribution in [0, 0.1) is 0 Å². The van der Waals surface area contributed by atoms with Gasteiger partial charge in [0.1, 0.15) is 0 Å². The van der Waals surface area contributed by atoms with E-state index in [1.807, 2.05) is 12.1 Å². The normalized spacial score (nSPS) is 12.4. The fourth-order valence-corrected chi connectivity index (χ4v) is 3.91. The molecule has 2 rings (SSSR count). The Morgan fingerprint density at radius 3 is 2.08 bits per heavy atom. The number of aliphatic hydroxyl groups excluding tert-OH is 1. The molecule has 24 heavy (non-hydrogen) atoms. The Hall–Kier alpha value is -0.130. The first-order valence-corrected chi connectivity index (χ1v) is 9.84. The number of ether oxygens (including phenoxy) is 1. The lowest BCUT2D eigenvalue weighted by molar-refractivity contribution is 0.0398. The van der Waals surface area contributed by atoms with Crippen LogP contribution in [0.2, 0.25) is 20.1 Å². The van der Waals surface area contributed by atoms with E-state index in [1.165, 1.54) is 0 Å². The van der Waals surface area contributed by atoms with Crippen LogP contribution >= 0.6 is 58.2 Å². The van der Waals surface area contributed by atoms with Gasteiger partial charge in [-0.15, -0.1) is 0 Å². The van der Waals surface area contributed by atoms with Gasteiger partial charge < -0.3 is 9.84 Å². The van der Waals surface area contributed by atoms with Crippen molar-refractivity contribution in [1.29, 1.82) is 0 Å². The summed E-state index contributed by atoms with van der Waals surface area (Å²) in [7, 11) is 0. The van der Waals surface area contributed by atoms with E-state index < -0.39 is 6.10 Å². The van der Waals surface area contributed by atoms with Crippen LogP contribution in [-0.4, -0.2) is 23.6 Å². The molecule has 1 N–H and O–H groups in total. The third-order valence-electron chi connectivity index (χ3n) is 3.17. The molecule has 0 saturated heterocycles. The van der Waals surface area contributed by atoms with Crippen LogP contribution in [0.3, 0.4) is 0 Å². The lowest BCUT2D eigenvalue weighted by Crippen LogP contribution is -2.18. The first kappa shape index (κ1) is 20.2. The number of aliphatic hydroxyl groups is 1. The molecule has 0 heterocycles. The molecule has 2 aromatic rings. The first-order valence-electron chi connectivity index (χ1n) is 7.17. The number of rotatable bonds is 8. The maximum Gasteiger partial charge on any atom is 0.0864 e. The van der Waals surface area contributed by atoms with Crippen molar-refractivity contribution >= 4 is 58.2 Å². The SMILES string of the molecule is OC(COCc1ccc(Cl)cc1Cl)CSCc1ccc(Cl)cc1Cl. The molecule has 2 nitrogen and oxygen atoms in total. The number of thioether (sulfide) groups is 1. The van der Waals surface area contributed by atoms with Crippen molar-refractivity contribution in [2.24, 2.45) is 0 Å². The number of benzene rings is 2. The second-order valence-electron chi connectivity index (χ2n) is 5.16. The molecule has 2 aromatic carbocycles. The third kappa shape index (κ3) is 6.64. The van der Waals surface area contributed by atoms with E-state index in [0.29, 0.717) is 38.2 Å². The van der Waals surface area contributed by atoms with Crippen molar-refractivity contribution in [2.75, 3.05) is 12.4 Å². The lowest BCUT2D eigenvalue weighted by Gasteiger charge is -2.12. The molecule has 0 saturated carbocycles. The van der Waals surface area contributed by atoms with Gasteiger partial charge in [-0.3, -0.25) is 0 Å². The molecule has 1 atom stereocenters. The van der Waals surface area contributed by atoms with Gasteiger partial charge in [-0.2, -0.15) is 11.8 Å². The van der Waals surface area contributed by atoms with Gasteiger partial charge >= 0.3 is 0 Å². The Morgan fingerprint density at radius 2 is 1.50 bits per heavy atom. The van der Waals surface area contributed by atoms with Crippen LogP contribution < -0.4 is 0 Å². The second kappa shape index (κ2) is 10.1. The number of halogens is 4.